The highest BCUT2D eigenvalue weighted by Gasteiger charge is 2.51. The van der Waals surface area contributed by atoms with Crippen molar-refractivity contribution in [2.45, 2.75) is 67.5 Å². The molecule has 2 aromatic rings. The van der Waals surface area contributed by atoms with Gasteiger partial charge in [-0.2, -0.15) is 18.4 Å². The molecule has 188 valence electrons. The van der Waals surface area contributed by atoms with E-state index in [1.165, 1.54) is 24.5 Å². The van der Waals surface area contributed by atoms with Crippen LogP contribution in [-0.2, 0) is 25.5 Å². The van der Waals surface area contributed by atoms with Gasteiger partial charge in [-0.05, 0) is 68.9 Å². The fourth-order valence-corrected chi connectivity index (χ4v) is 7.67. The molecule has 1 aromatic heterocycles. The second-order valence-electron chi connectivity index (χ2n) is 9.24. The summed E-state index contributed by atoms with van der Waals surface area (Å²) in [5, 5.41) is 10.7. The highest BCUT2D eigenvalue weighted by atomic mass is 32.2. The molecule has 4 rings (SSSR count). The summed E-state index contributed by atoms with van der Waals surface area (Å²) in [5.74, 6) is -1.39. The van der Waals surface area contributed by atoms with Gasteiger partial charge in [0.1, 0.15) is 5.54 Å². The Balaban J connectivity index is 1.68. The minimum absolute atomic E-state index is 0.113. The van der Waals surface area contributed by atoms with E-state index in [4.69, 9.17) is 4.74 Å². The zero-order chi connectivity index (χ0) is 25.8. The first-order chi connectivity index (χ1) is 16.3. The van der Waals surface area contributed by atoms with Crippen LogP contribution < -0.4 is 5.32 Å². The Morgan fingerprint density at radius 2 is 1.91 bits per heavy atom. The number of hydrogen-bond donors (Lipinski definition) is 1. The number of nitrogens with one attached hydrogen (secondary N) is 1. The number of aryl methyl sites for hydroxylation is 2. The Labute approximate surface area is 206 Å². The first-order valence-electron chi connectivity index (χ1n) is 11.1. The van der Waals surface area contributed by atoms with Gasteiger partial charge in [-0.3, -0.25) is 4.79 Å². The number of ether oxygens (including phenoxy) is 1. The van der Waals surface area contributed by atoms with Crippen molar-refractivity contribution in [3.05, 3.63) is 39.6 Å². The van der Waals surface area contributed by atoms with E-state index in [1.54, 1.807) is 13.0 Å². The van der Waals surface area contributed by atoms with E-state index in [0.717, 1.165) is 21.9 Å². The summed E-state index contributed by atoms with van der Waals surface area (Å²) in [5.41, 5.74) is -1.24. The number of rotatable bonds is 6. The Morgan fingerprint density at radius 3 is 2.43 bits per heavy atom. The third-order valence-corrected chi connectivity index (χ3v) is 10.0. The van der Waals surface area contributed by atoms with Crippen LogP contribution in [-0.4, -0.2) is 38.3 Å². The Bertz CT molecular complexity index is 1310. The topological polar surface area (TPSA) is 96.3 Å². The summed E-state index contributed by atoms with van der Waals surface area (Å²) in [6.45, 7) is 3.66. The van der Waals surface area contributed by atoms with E-state index < -0.39 is 55.2 Å². The first kappa shape index (κ1) is 25.7. The predicted octanol–water partition coefficient (Wildman–Crippen LogP) is 4.79. The van der Waals surface area contributed by atoms with Crippen molar-refractivity contribution in [1.29, 1.82) is 5.26 Å². The molecule has 2 aliphatic rings. The van der Waals surface area contributed by atoms with E-state index in [0.29, 0.717) is 24.0 Å². The number of alkyl halides is 3. The van der Waals surface area contributed by atoms with Crippen LogP contribution in [0.15, 0.2) is 29.2 Å². The van der Waals surface area contributed by atoms with E-state index in [9.17, 15) is 31.6 Å². The average molecular weight is 527 g/mol. The molecule has 35 heavy (non-hydrogen) atoms. The smallest absolute Gasteiger partial charge is 0.381 e. The zero-order valence-electron chi connectivity index (χ0n) is 19.4. The van der Waals surface area contributed by atoms with E-state index in [-0.39, 0.29) is 12.8 Å². The standard InChI is InChI=1S/C24H25F3N2O4S2/c1-13-8-17(14(2)34-13)15-4-5-21(19(9-15)24(25,26)27)35(31,32)16-10-18(20(11-16)33-3)22(30)29-23(12-28)6-7-23/h4-5,8-9,16,18,20H,6-7,10-11H2,1-3H3,(H,29,30)/t16-,18-,20-/m0/s1. The lowest BCUT2D eigenvalue weighted by atomic mass is 10.0. The second kappa shape index (κ2) is 8.91. The van der Waals surface area contributed by atoms with Crippen molar-refractivity contribution in [2.75, 3.05) is 7.11 Å². The molecule has 1 N–H and O–H groups in total. The van der Waals surface area contributed by atoms with Crippen LogP contribution in [0.4, 0.5) is 13.2 Å². The normalized spacial score (nSPS) is 23.6. The summed E-state index contributed by atoms with van der Waals surface area (Å²) in [6, 6.07) is 7.12. The van der Waals surface area contributed by atoms with Crippen LogP contribution in [0.5, 0.6) is 0 Å². The molecule has 11 heteroatoms. The summed E-state index contributed by atoms with van der Waals surface area (Å²) in [6.07, 6.45) is -4.96. The molecule has 0 bridgehead atoms. The summed E-state index contributed by atoms with van der Waals surface area (Å²) < 4.78 is 74.5. The Kier molecular flexibility index (Phi) is 6.53. The van der Waals surface area contributed by atoms with Gasteiger partial charge in [-0.15, -0.1) is 11.3 Å². The van der Waals surface area contributed by atoms with Gasteiger partial charge in [0.15, 0.2) is 9.84 Å². The lowest BCUT2D eigenvalue weighted by Crippen LogP contribution is -2.42. The lowest BCUT2D eigenvalue weighted by molar-refractivity contribution is -0.139. The van der Waals surface area contributed by atoms with Crippen molar-refractivity contribution in [2.24, 2.45) is 5.92 Å². The highest BCUT2D eigenvalue weighted by Crippen LogP contribution is 2.43. The predicted molar refractivity (Wildman–Crippen MR) is 124 cm³/mol. The molecule has 0 saturated heterocycles. The number of carbonyl (C=O) groups excluding carboxylic acids is 1. The number of thiophene rings is 1. The number of sulfone groups is 1. The number of nitriles is 1. The molecule has 2 saturated carbocycles. The molecular formula is C24H25F3N2O4S2. The largest absolute Gasteiger partial charge is 0.417 e. The molecule has 0 radical (unpaired) electrons. The number of methoxy groups -OCH3 is 1. The molecule has 0 unspecified atom stereocenters. The number of benzene rings is 1. The van der Waals surface area contributed by atoms with Gasteiger partial charge < -0.3 is 10.1 Å². The van der Waals surface area contributed by atoms with Crippen LogP contribution in [0.25, 0.3) is 11.1 Å². The monoisotopic (exact) mass is 526 g/mol. The summed E-state index contributed by atoms with van der Waals surface area (Å²) >= 11 is 1.45. The maximum absolute atomic E-state index is 14.1. The number of amides is 1. The van der Waals surface area contributed by atoms with E-state index >= 15 is 0 Å². The fourth-order valence-electron chi connectivity index (χ4n) is 4.73. The van der Waals surface area contributed by atoms with Gasteiger partial charge >= 0.3 is 6.18 Å². The van der Waals surface area contributed by atoms with Gasteiger partial charge in [0.25, 0.3) is 0 Å². The molecule has 6 nitrogen and oxygen atoms in total. The minimum Gasteiger partial charge on any atom is -0.381 e. The number of hydrogen-bond acceptors (Lipinski definition) is 6. The number of nitrogens with zero attached hydrogens (tertiary/aromatic N) is 1. The molecule has 0 aliphatic heterocycles. The van der Waals surface area contributed by atoms with Gasteiger partial charge in [-0.1, -0.05) is 6.07 Å². The Morgan fingerprint density at radius 1 is 1.23 bits per heavy atom. The molecule has 1 heterocycles. The summed E-state index contributed by atoms with van der Waals surface area (Å²) in [4.78, 5) is 13.8. The second-order valence-corrected chi connectivity index (χ2v) is 12.9. The van der Waals surface area contributed by atoms with Crippen molar-refractivity contribution >= 4 is 27.1 Å². The van der Waals surface area contributed by atoms with Crippen LogP contribution in [0, 0.1) is 31.1 Å². The van der Waals surface area contributed by atoms with Crippen LogP contribution in [0.2, 0.25) is 0 Å². The fraction of sp³-hybridized carbons (Fsp3) is 0.500. The van der Waals surface area contributed by atoms with Crippen LogP contribution in [0.3, 0.4) is 0 Å². The van der Waals surface area contributed by atoms with Gasteiger partial charge in [-0.25, -0.2) is 8.42 Å². The molecular weight excluding hydrogens is 501 g/mol. The van der Waals surface area contributed by atoms with E-state index in [2.05, 4.69) is 5.32 Å². The van der Waals surface area contributed by atoms with Gasteiger partial charge in [0.05, 0.1) is 33.8 Å². The zero-order valence-corrected chi connectivity index (χ0v) is 21.0. The highest BCUT2D eigenvalue weighted by molar-refractivity contribution is 7.92. The van der Waals surface area contributed by atoms with Crippen molar-refractivity contribution < 1.29 is 31.1 Å². The SMILES string of the molecule is CO[C@H]1C[C@@H](S(=O)(=O)c2ccc(-c3cc(C)sc3C)cc2C(F)(F)F)C[C@@H]1C(=O)NC1(C#N)CC1. The molecule has 2 fully saturated rings. The molecule has 0 spiro atoms. The first-order valence-corrected chi connectivity index (χ1v) is 13.5. The maximum atomic E-state index is 14.1. The molecule has 1 aromatic carbocycles. The van der Waals surface area contributed by atoms with Crippen molar-refractivity contribution in [3.63, 3.8) is 0 Å². The molecule has 3 atom stereocenters. The van der Waals surface area contributed by atoms with Crippen LogP contribution >= 0.6 is 11.3 Å². The number of carbonyl (C=O) groups is 1. The van der Waals surface area contributed by atoms with Crippen molar-refractivity contribution in [3.8, 4) is 17.2 Å². The van der Waals surface area contributed by atoms with Crippen molar-refractivity contribution in [1.82, 2.24) is 5.32 Å². The third kappa shape index (κ3) is 4.84. The van der Waals surface area contributed by atoms with E-state index in [1.807, 2.05) is 13.0 Å². The van der Waals surface area contributed by atoms with Gasteiger partial charge in [0.2, 0.25) is 5.91 Å². The lowest BCUT2D eigenvalue weighted by Gasteiger charge is -2.19. The average Bonchev–Trinajstić information content (AvgIpc) is 3.26. The Hall–Kier alpha value is -2.42. The molecule has 1 amide bonds. The van der Waals surface area contributed by atoms with Gasteiger partial charge in [0, 0.05) is 16.9 Å². The number of halogens is 3. The quantitative estimate of drug-likeness (QED) is 0.584. The molecule has 2 aliphatic carbocycles. The summed E-state index contributed by atoms with van der Waals surface area (Å²) in [7, 11) is -3.11. The maximum Gasteiger partial charge on any atom is 0.417 e. The third-order valence-electron chi connectivity index (χ3n) is 6.81. The van der Waals surface area contributed by atoms with Crippen LogP contribution in [0.1, 0.15) is 41.0 Å². The minimum atomic E-state index is -4.89.